The number of methoxy groups -OCH3 is 1. The van der Waals surface area contributed by atoms with Crippen molar-refractivity contribution in [1.82, 2.24) is 4.90 Å². The van der Waals surface area contributed by atoms with Crippen LogP contribution < -0.4 is 9.64 Å². The summed E-state index contributed by atoms with van der Waals surface area (Å²) >= 11 is 1.57. The zero-order valence-electron chi connectivity index (χ0n) is 12.7. The van der Waals surface area contributed by atoms with E-state index in [2.05, 4.69) is 12.1 Å². The fourth-order valence-electron chi connectivity index (χ4n) is 2.80. The first-order valence-corrected chi connectivity index (χ1v) is 8.48. The number of amides is 1. The minimum absolute atomic E-state index is 0.171. The summed E-state index contributed by atoms with van der Waals surface area (Å²) in [6.07, 6.45) is 0. The monoisotopic (exact) mass is 317 g/mol. The predicted molar refractivity (Wildman–Crippen MR) is 87.6 cm³/mol. The lowest BCUT2D eigenvalue weighted by molar-refractivity contribution is -0.917. The number of nitrogens with one attached hydrogen (secondary N) is 1. The van der Waals surface area contributed by atoms with E-state index in [9.17, 15) is 4.79 Å². The van der Waals surface area contributed by atoms with Gasteiger partial charge in [-0.2, -0.15) is 11.3 Å². The number of carbonyl (C=O) groups excluding carboxylic acids is 1. The highest BCUT2D eigenvalue weighted by molar-refractivity contribution is 7.08. The summed E-state index contributed by atoms with van der Waals surface area (Å²) < 4.78 is 5.18. The Morgan fingerprint density at radius 2 is 1.95 bits per heavy atom. The van der Waals surface area contributed by atoms with E-state index >= 15 is 0 Å². The molecule has 1 N–H and O–H groups in total. The summed E-state index contributed by atoms with van der Waals surface area (Å²) in [6, 6.07) is 10.2. The van der Waals surface area contributed by atoms with E-state index in [1.165, 1.54) is 10.5 Å². The molecule has 3 rings (SSSR count). The quantitative estimate of drug-likeness (QED) is 0.922. The van der Waals surface area contributed by atoms with Crippen LogP contribution in [0.25, 0.3) is 0 Å². The van der Waals surface area contributed by atoms with Crippen molar-refractivity contribution in [2.75, 3.05) is 33.3 Å². The molecule has 0 saturated carbocycles. The van der Waals surface area contributed by atoms with Crippen LogP contribution in [0.2, 0.25) is 0 Å². The van der Waals surface area contributed by atoms with Crippen LogP contribution in [0.15, 0.2) is 41.1 Å². The van der Waals surface area contributed by atoms with E-state index in [1.54, 1.807) is 18.4 Å². The Labute approximate surface area is 134 Å². The zero-order chi connectivity index (χ0) is 15.4. The fourth-order valence-corrected chi connectivity index (χ4v) is 3.43. The second-order valence-corrected chi connectivity index (χ2v) is 6.36. The number of piperazine rings is 1. The van der Waals surface area contributed by atoms with Crippen molar-refractivity contribution in [3.8, 4) is 5.75 Å². The Morgan fingerprint density at radius 3 is 2.55 bits per heavy atom. The van der Waals surface area contributed by atoms with Crippen molar-refractivity contribution in [2.24, 2.45) is 0 Å². The standard InChI is InChI=1S/C17H20N2O2S/c1-21-16-4-2-14(3-5-16)12-18-7-9-19(10-8-18)17(20)15-6-11-22-13-15/h2-6,11,13H,7-10,12H2,1H3/p+1. The normalized spacial score (nSPS) is 15.8. The van der Waals surface area contributed by atoms with E-state index in [4.69, 9.17) is 4.74 Å². The summed E-state index contributed by atoms with van der Waals surface area (Å²) in [5, 5.41) is 3.89. The second-order valence-electron chi connectivity index (χ2n) is 5.58. The lowest BCUT2D eigenvalue weighted by Crippen LogP contribution is -3.13. The van der Waals surface area contributed by atoms with Gasteiger partial charge in [0.15, 0.2) is 0 Å². The summed E-state index contributed by atoms with van der Waals surface area (Å²) in [5.74, 6) is 1.06. The molecule has 0 aliphatic carbocycles. The Balaban J connectivity index is 1.52. The number of rotatable bonds is 4. The lowest BCUT2D eigenvalue weighted by Gasteiger charge is -2.32. The highest BCUT2D eigenvalue weighted by Crippen LogP contribution is 2.11. The molecule has 0 atom stereocenters. The van der Waals surface area contributed by atoms with E-state index in [1.807, 2.05) is 33.9 Å². The number of ether oxygens (including phenoxy) is 1. The largest absolute Gasteiger partial charge is 0.497 e. The first-order valence-electron chi connectivity index (χ1n) is 7.54. The Kier molecular flexibility index (Phi) is 4.75. The number of nitrogens with zero attached hydrogens (tertiary/aromatic N) is 1. The molecule has 1 aliphatic heterocycles. The van der Waals surface area contributed by atoms with E-state index < -0.39 is 0 Å². The molecule has 1 saturated heterocycles. The highest BCUT2D eigenvalue weighted by Gasteiger charge is 2.24. The highest BCUT2D eigenvalue weighted by atomic mass is 32.1. The maximum atomic E-state index is 12.3. The molecular formula is C17H21N2O2S+. The van der Waals surface area contributed by atoms with Gasteiger partial charge in [0.1, 0.15) is 12.3 Å². The van der Waals surface area contributed by atoms with Gasteiger partial charge in [-0.25, -0.2) is 0 Å². The zero-order valence-corrected chi connectivity index (χ0v) is 13.6. The Bertz CT molecular complexity index is 602. The van der Waals surface area contributed by atoms with Crippen molar-refractivity contribution >= 4 is 17.2 Å². The molecular weight excluding hydrogens is 296 g/mol. The number of thiophene rings is 1. The first-order chi connectivity index (χ1) is 10.8. The molecule has 1 aromatic carbocycles. The molecule has 1 aromatic heterocycles. The molecule has 2 aromatic rings. The smallest absolute Gasteiger partial charge is 0.255 e. The molecule has 1 amide bonds. The van der Waals surface area contributed by atoms with Crippen molar-refractivity contribution in [2.45, 2.75) is 6.54 Å². The van der Waals surface area contributed by atoms with Gasteiger partial charge >= 0.3 is 0 Å². The number of hydrogen-bond donors (Lipinski definition) is 1. The lowest BCUT2D eigenvalue weighted by atomic mass is 10.2. The second kappa shape index (κ2) is 6.94. The summed E-state index contributed by atoms with van der Waals surface area (Å²) in [5.41, 5.74) is 2.14. The van der Waals surface area contributed by atoms with Gasteiger partial charge in [-0.15, -0.1) is 0 Å². The number of hydrogen-bond acceptors (Lipinski definition) is 3. The van der Waals surface area contributed by atoms with Crippen molar-refractivity contribution < 1.29 is 14.4 Å². The van der Waals surface area contributed by atoms with Gasteiger partial charge in [-0.05, 0) is 35.7 Å². The van der Waals surface area contributed by atoms with Crippen LogP contribution in [-0.4, -0.2) is 44.1 Å². The van der Waals surface area contributed by atoms with Crippen LogP contribution in [0.1, 0.15) is 15.9 Å². The molecule has 0 radical (unpaired) electrons. The predicted octanol–water partition coefficient (Wildman–Crippen LogP) is 1.30. The average molecular weight is 317 g/mol. The maximum Gasteiger partial charge on any atom is 0.255 e. The van der Waals surface area contributed by atoms with Crippen molar-refractivity contribution in [3.63, 3.8) is 0 Å². The third kappa shape index (κ3) is 3.48. The van der Waals surface area contributed by atoms with E-state index in [0.29, 0.717) is 0 Å². The maximum absolute atomic E-state index is 12.3. The summed E-state index contributed by atoms with van der Waals surface area (Å²) in [7, 11) is 1.68. The molecule has 5 heteroatoms. The molecule has 1 fully saturated rings. The summed E-state index contributed by atoms with van der Waals surface area (Å²) in [6.45, 7) is 4.68. The van der Waals surface area contributed by atoms with Crippen LogP contribution in [-0.2, 0) is 6.54 Å². The Morgan fingerprint density at radius 1 is 1.23 bits per heavy atom. The van der Waals surface area contributed by atoms with Gasteiger partial charge in [0.05, 0.1) is 38.9 Å². The van der Waals surface area contributed by atoms with E-state index in [-0.39, 0.29) is 5.91 Å². The molecule has 0 unspecified atom stereocenters. The summed E-state index contributed by atoms with van der Waals surface area (Å²) in [4.78, 5) is 15.8. The van der Waals surface area contributed by atoms with Crippen LogP contribution in [0.4, 0.5) is 0 Å². The number of quaternary nitrogens is 1. The van der Waals surface area contributed by atoms with Gasteiger partial charge in [-0.1, -0.05) is 0 Å². The van der Waals surface area contributed by atoms with Crippen molar-refractivity contribution in [1.29, 1.82) is 0 Å². The Hall–Kier alpha value is -1.85. The fraction of sp³-hybridized carbons (Fsp3) is 0.353. The topological polar surface area (TPSA) is 34.0 Å². The molecule has 0 bridgehead atoms. The van der Waals surface area contributed by atoms with Crippen LogP contribution in [0, 0.1) is 0 Å². The van der Waals surface area contributed by atoms with Gasteiger partial charge < -0.3 is 14.5 Å². The molecule has 116 valence electrons. The third-order valence-electron chi connectivity index (χ3n) is 4.14. The van der Waals surface area contributed by atoms with Crippen LogP contribution >= 0.6 is 11.3 Å². The minimum Gasteiger partial charge on any atom is -0.497 e. The molecule has 1 aliphatic rings. The van der Waals surface area contributed by atoms with Crippen LogP contribution in [0.3, 0.4) is 0 Å². The SMILES string of the molecule is COc1ccc(C[NH+]2CCN(C(=O)c3ccsc3)CC2)cc1. The molecule has 22 heavy (non-hydrogen) atoms. The first kappa shape index (κ1) is 15.1. The third-order valence-corrected chi connectivity index (χ3v) is 4.82. The average Bonchev–Trinajstić information content (AvgIpc) is 3.10. The van der Waals surface area contributed by atoms with Crippen LogP contribution in [0.5, 0.6) is 5.75 Å². The van der Waals surface area contributed by atoms with Gasteiger partial charge in [0.25, 0.3) is 5.91 Å². The molecule has 0 spiro atoms. The molecule has 4 nitrogen and oxygen atoms in total. The number of benzene rings is 1. The van der Waals surface area contributed by atoms with Gasteiger partial charge in [0.2, 0.25) is 0 Å². The minimum atomic E-state index is 0.171. The van der Waals surface area contributed by atoms with Gasteiger partial charge in [0, 0.05) is 10.9 Å². The van der Waals surface area contributed by atoms with Gasteiger partial charge in [-0.3, -0.25) is 4.79 Å². The van der Waals surface area contributed by atoms with Crippen molar-refractivity contribution in [3.05, 3.63) is 52.2 Å². The van der Waals surface area contributed by atoms with E-state index in [0.717, 1.165) is 44.0 Å². The number of carbonyl (C=O) groups is 1. The molecule has 2 heterocycles.